The van der Waals surface area contributed by atoms with Crippen LogP contribution in [0.2, 0.25) is 0 Å². The monoisotopic (exact) mass is 428 g/mol. The van der Waals surface area contributed by atoms with Crippen LogP contribution >= 0.6 is 11.3 Å². The standard InChI is InChI=1S/C21H20N2O4S2/c1-27-19-8-3-2-7-17(19)21(24)22-16-10-11-18-15(14-16)6-4-12-23(18)29(25,26)20-9-5-13-28-20/h2-3,5,7-11,13-14H,4,6,12H2,1H3,(H,22,24). The summed E-state index contributed by atoms with van der Waals surface area (Å²) in [6.45, 7) is 0.445. The van der Waals surface area contributed by atoms with Crippen molar-refractivity contribution in [2.24, 2.45) is 0 Å². The fourth-order valence-corrected chi connectivity index (χ4v) is 6.09. The third-order valence-corrected chi connectivity index (χ3v) is 7.99. The van der Waals surface area contributed by atoms with Crippen LogP contribution < -0.4 is 14.4 Å². The van der Waals surface area contributed by atoms with E-state index in [9.17, 15) is 13.2 Å². The Morgan fingerprint density at radius 2 is 1.97 bits per heavy atom. The van der Waals surface area contributed by atoms with E-state index in [1.165, 1.54) is 22.8 Å². The molecule has 1 aromatic heterocycles. The van der Waals surface area contributed by atoms with Gasteiger partial charge in [-0.25, -0.2) is 8.42 Å². The molecule has 0 saturated heterocycles. The maximum absolute atomic E-state index is 13.0. The topological polar surface area (TPSA) is 75.7 Å². The molecule has 150 valence electrons. The number of methoxy groups -OCH3 is 1. The number of carbonyl (C=O) groups is 1. The van der Waals surface area contributed by atoms with E-state index < -0.39 is 10.0 Å². The third-order valence-electron chi connectivity index (χ3n) is 4.80. The van der Waals surface area contributed by atoms with Crippen molar-refractivity contribution >= 4 is 38.6 Å². The highest BCUT2D eigenvalue weighted by Gasteiger charge is 2.30. The highest BCUT2D eigenvalue weighted by Crippen LogP contribution is 2.35. The van der Waals surface area contributed by atoms with Gasteiger partial charge in [0.25, 0.3) is 15.9 Å². The van der Waals surface area contributed by atoms with Gasteiger partial charge in [0, 0.05) is 12.2 Å². The highest BCUT2D eigenvalue weighted by molar-refractivity contribution is 7.94. The molecule has 0 fully saturated rings. The zero-order valence-electron chi connectivity index (χ0n) is 15.8. The number of benzene rings is 2. The average molecular weight is 429 g/mol. The van der Waals surface area contributed by atoms with Crippen LogP contribution in [0.4, 0.5) is 11.4 Å². The molecule has 0 unspecified atom stereocenters. The fraction of sp³-hybridized carbons (Fsp3) is 0.190. The van der Waals surface area contributed by atoms with Crippen molar-refractivity contribution in [3.63, 3.8) is 0 Å². The van der Waals surface area contributed by atoms with Crippen LogP contribution in [0.5, 0.6) is 5.75 Å². The number of fused-ring (bicyclic) bond motifs is 1. The molecule has 6 nitrogen and oxygen atoms in total. The number of sulfonamides is 1. The molecule has 29 heavy (non-hydrogen) atoms. The molecule has 0 bridgehead atoms. The van der Waals surface area contributed by atoms with Crippen molar-refractivity contribution in [1.82, 2.24) is 0 Å². The maximum Gasteiger partial charge on any atom is 0.273 e. The summed E-state index contributed by atoms with van der Waals surface area (Å²) in [5.41, 5.74) is 2.62. The largest absolute Gasteiger partial charge is 0.496 e. The second-order valence-corrected chi connectivity index (χ2v) is 9.65. The Bertz CT molecular complexity index is 1140. The minimum Gasteiger partial charge on any atom is -0.496 e. The summed E-state index contributed by atoms with van der Waals surface area (Å²) in [6, 6.07) is 15.7. The number of carbonyl (C=O) groups excluding carboxylic acids is 1. The van der Waals surface area contributed by atoms with E-state index in [1.54, 1.807) is 53.9 Å². The van der Waals surface area contributed by atoms with E-state index in [0.29, 0.717) is 33.4 Å². The van der Waals surface area contributed by atoms with Gasteiger partial charge in [-0.15, -0.1) is 11.3 Å². The molecule has 2 heterocycles. The predicted molar refractivity (Wildman–Crippen MR) is 115 cm³/mol. The first-order chi connectivity index (χ1) is 14.0. The summed E-state index contributed by atoms with van der Waals surface area (Å²) in [7, 11) is -2.05. The molecule has 3 aromatic rings. The number of hydrogen-bond donors (Lipinski definition) is 1. The number of aryl methyl sites for hydroxylation is 1. The summed E-state index contributed by atoms with van der Waals surface area (Å²) in [4.78, 5) is 12.6. The lowest BCUT2D eigenvalue weighted by Gasteiger charge is -2.30. The number of amides is 1. The van der Waals surface area contributed by atoms with Crippen LogP contribution in [0.15, 0.2) is 64.2 Å². The van der Waals surface area contributed by atoms with Gasteiger partial charge >= 0.3 is 0 Å². The van der Waals surface area contributed by atoms with Crippen molar-refractivity contribution in [3.8, 4) is 5.75 Å². The molecule has 0 spiro atoms. The van der Waals surface area contributed by atoms with E-state index in [4.69, 9.17) is 4.74 Å². The van der Waals surface area contributed by atoms with Crippen LogP contribution in [-0.4, -0.2) is 28.0 Å². The van der Waals surface area contributed by atoms with Gasteiger partial charge in [-0.2, -0.15) is 0 Å². The number of nitrogens with zero attached hydrogens (tertiary/aromatic N) is 1. The number of thiophene rings is 1. The van der Waals surface area contributed by atoms with E-state index in [-0.39, 0.29) is 5.91 Å². The van der Waals surface area contributed by atoms with E-state index in [1.807, 2.05) is 6.07 Å². The van der Waals surface area contributed by atoms with E-state index in [2.05, 4.69) is 5.32 Å². The molecule has 0 atom stereocenters. The summed E-state index contributed by atoms with van der Waals surface area (Å²) in [5, 5.41) is 4.64. The van der Waals surface area contributed by atoms with Crippen LogP contribution in [-0.2, 0) is 16.4 Å². The highest BCUT2D eigenvalue weighted by atomic mass is 32.2. The van der Waals surface area contributed by atoms with Crippen molar-refractivity contribution < 1.29 is 17.9 Å². The molecule has 0 saturated carbocycles. The molecule has 2 aromatic carbocycles. The number of rotatable bonds is 5. The Hall–Kier alpha value is -2.84. The zero-order valence-corrected chi connectivity index (χ0v) is 17.4. The fourth-order valence-electron chi connectivity index (χ4n) is 3.44. The quantitative estimate of drug-likeness (QED) is 0.662. The Morgan fingerprint density at radius 1 is 1.14 bits per heavy atom. The number of nitrogens with one attached hydrogen (secondary N) is 1. The summed E-state index contributed by atoms with van der Waals surface area (Å²) in [6.07, 6.45) is 1.48. The van der Waals surface area contributed by atoms with Gasteiger partial charge in [0.1, 0.15) is 9.96 Å². The number of para-hydroxylation sites is 1. The Morgan fingerprint density at radius 3 is 2.72 bits per heavy atom. The molecule has 8 heteroatoms. The third kappa shape index (κ3) is 3.73. The molecule has 1 amide bonds. The zero-order chi connectivity index (χ0) is 20.4. The first-order valence-electron chi connectivity index (χ1n) is 9.14. The molecule has 4 rings (SSSR count). The van der Waals surface area contributed by atoms with Crippen molar-refractivity contribution in [3.05, 3.63) is 71.1 Å². The second kappa shape index (κ2) is 7.88. The molecule has 0 aliphatic carbocycles. The van der Waals surface area contributed by atoms with Crippen LogP contribution in [0, 0.1) is 0 Å². The van der Waals surface area contributed by atoms with Gasteiger partial charge < -0.3 is 10.1 Å². The van der Waals surface area contributed by atoms with Gasteiger partial charge in [-0.1, -0.05) is 18.2 Å². The maximum atomic E-state index is 13.0. The molecule has 1 aliphatic rings. The number of hydrogen-bond acceptors (Lipinski definition) is 5. The minimum absolute atomic E-state index is 0.277. The Labute approximate surface area is 173 Å². The molecule has 1 N–H and O–H groups in total. The molecule has 1 aliphatic heterocycles. The first kappa shape index (κ1) is 19.5. The molecular formula is C21H20N2O4S2. The molecular weight excluding hydrogens is 408 g/mol. The lowest BCUT2D eigenvalue weighted by Crippen LogP contribution is -2.35. The molecule has 0 radical (unpaired) electrons. The van der Waals surface area contributed by atoms with Crippen LogP contribution in [0.25, 0.3) is 0 Å². The SMILES string of the molecule is COc1ccccc1C(=O)Nc1ccc2c(c1)CCCN2S(=O)(=O)c1cccs1. The Balaban J connectivity index is 1.61. The van der Waals surface area contributed by atoms with Crippen molar-refractivity contribution in [2.45, 2.75) is 17.1 Å². The normalized spacial score (nSPS) is 13.6. The lowest BCUT2D eigenvalue weighted by molar-refractivity contribution is 0.102. The van der Waals surface area contributed by atoms with Gasteiger partial charge in [0.05, 0.1) is 18.4 Å². The second-order valence-electron chi connectivity index (χ2n) is 6.61. The lowest BCUT2D eigenvalue weighted by atomic mass is 10.0. The van der Waals surface area contributed by atoms with Gasteiger partial charge in [0.15, 0.2) is 0 Å². The van der Waals surface area contributed by atoms with Crippen LogP contribution in [0.3, 0.4) is 0 Å². The van der Waals surface area contributed by atoms with E-state index in [0.717, 1.165) is 18.4 Å². The average Bonchev–Trinajstić information content (AvgIpc) is 3.29. The number of ether oxygens (including phenoxy) is 1. The summed E-state index contributed by atoms with van der Waals surface area (Å²) < 4.78 is 33.0. The Kier molecular flexibility index (Phi) is 5.29. The minimum atomic E-state index is -3.57. The number of anilines is 2. The van der Waals surface area contributed by atoms with Gasteiger partial charge in [-0.3, -0.25) is 9.10 Å². The van der Waals surface area contributed by atoms with Gasteiger partial charge in [-0.05, 0) is 60.2 Å². The predicted octanol–water partition coefficient (Wildman–Crippen LogP) is 4.15. The summed E-state index contributed by atoms with van der Waals surface area (Å²) >= 11 is 1.21. The van der Waals surface area contributed by atoms with Crippen LogP contribution in [0.1, 0.15) is 22.3 Å². The summed E-state index contributed by atoms with van der Waals surface area (Å²) in [5.74, 6) is 0.220. The first-order valence-corrected chi connectivity index (χ1v) is 11.5. The van der Waals surface area contributed by atoms with Gasteiger partial charge in [0.2, 0.25) is 0 Å². The van der Waals surface area contributed by atoms with E-state index >= 15 is 0 Å². The van der Waals surface area contributed by atoms with Crippen molar-refractivity contribution in [1.29, 1.82) is 0 Å². The van der Waals surface area contributed by atoms with Crippen molar-refractivity contribution in [2.75, 3.05) is 23.3 Å². The smallest absolute Gasteiger partial charge is 0.273 e.